The summed E-state index contributed by atoms with van der Waals surface area (Å²) in [7, 11) is 1.84. The summed E-state index contributed by atoms with van der Waals surface area (Å²) in [6.45, 7) is 2.00. The smallest absolute Gasteiger partial charge is 0.246 e. The lowest BCUT2D eigenvalue weighted by Gasteiger charge is -2.31. The predicted molar refractivity (Wildman–Crippen MR) is 86.9 cm³/mol. The zero-order chi connectivity index (χ0) is 16.2. The molecule has 0 bridgehead atoms. The van der Waals surface area contributed by atoms with E-state index in [1.54, 1.807) is 17.0 Å². The van der Waals surface area contributed by atoms with Crippen molar-refractivity contribution < 1.29 is 4.79 Å². The van der Waals surface area contributed by atoms with Gasteiger partial charge in [-0.3, -0.25) is 4.79 Å². The van der Waals surface area contributed by atoms with Crippen LogP contribution in [0.2, 0.25) is 5.02 Å². The van der Waals surface area contributed by atoms with Gasteiger partial charge in [-0.15, -0.1) is 10.2 Å². The van der Waals surface area contributed by atoms with Gasteiger partial charge in [-0.1, -0.05) is 11.6 Å². The van der Waals surface area contributed by atoms with Gasteiger partial charge < -0.3 is 10.2 Å². The van der Waals surface area contributed by atoms with Crippen LogP contribution < -0.4 is 5.32 Å². The maximum absolute atomic E-state index is 12.4. The average molecular weight is 335 g/mol. The van der Waals surface area contributed by atoms with Gasteiger partial charge in [-0.25, -0.2) is 0 Å². The molecule has 1 N–H and O–H groups in total. The first-order chi connectivity index (χ1) is 11.1. The molecule has 1 aromatic carbocycles. The average Bonchev–Trinajstić information content (AvgIpc) is 3.04. The zero-order valence-corrected chi connectivity index (χ0v) is 13.7. The normalized spacial score (nSPS) is 15.6. The molecule has 0 saturated carbocycles. The molecule has 1 aromatic heterocycles. The Balaban J connectivity index is 1.64. The molecule has 2 aromatic rings. The van der Waals surface area contributed by atoms with Crippen molar-refractivity contribution in [3.63, 3.8) is 0 Å². The molecule has 1 aliphatic heterocycles. The molecule has 2 heterocycles. The van der Waals surface area contributed by atoms with E-state index >= 15 is 0 Å². The Morgan fingerprint density at radius 3 is 2.74 bits per heavy atom. The number of nitrogens with one attached hydrogen (secondary N) is 1. The summed E-state index contributed by atoms with van der Waals surface area (Å²) in [6, 6.07) is 7.48. The summed E-state index contributed by atoms with van der Waals surface area (Å²) in [6.07, 6.45) is 1.95. The number of carbonyl (C=O) groups is 1. The van der Waals surface area contributed by atoms with Crippen molar-refractivity contribution in [2.45, 2.75) is 25.4 Å². The fraction of sp³-hybridized carbons (Fsp3) is 0.467. The van der Waals surface area contributed by atoms with Crippen molar-refractivity contribution in [1.29, 1.82) is 0 Å². The fourth-order valence-corrected chi connectivity index (χ4v) is 2.78. The molecule has 23 heavy (non-hydrogen) atoms. The zero-order valence-electron chi connectivity index (χ0n) is 12.9. The Hall–Kier alpha value is -1.99. The van der Waals surface area contributed by atoms with Gasteiger partial charge in [-0.05, 0) is 55.4 Å². The number of rotatable bonds is 4. The molecule has 3 rings (SSSR count). The van der Waals surface area contributed by atoms with Crippen molar-refractivity contribution in [2.75, 3.05) is 20.1 Å². The molecule has 1 aliphatic rings. The lowest BCUT2D eigenvalue weighted by Crippen LogP contribution is -2.45. The molecule has 0 atom stereocenters. The van der Waals surface area contributed by atoms with Gasteiger partial charge >= 0.3 is 0 Å². The van der Waals surface area contributed by atoms with Crippen LogP contribution in [-0.4, -0.2) is 57.2 Å². The van der Waals surface area contributed by atoms with Crippen molar-refractivity contribution in [3.05, 3.63) is 29.3 Å². The van der Waals surface area contributed by atoms with Crippen LogP contribution >= 0.6 is 11.6 Å². The van der Waals surface area contributed by atoms with Crippen molar-refractivity contribution in [2.24, 2.45) is 0 Å². The van der Waals surface area contributed by atoms with Gasteiger partial charge in [0.15, 0.2) is 0 Å². The van der Waals surface area contributed by atoms with Crippen LogP contribution in [0.15, 0.2) is 24.3 Å². The minimum absolute atomic E-state index is 0.00282. The number of hydrogen-bond acceptors (Lipinski definition) is 5. The predicted octanol–water partition coefficient (Wildman–Crippen LogP) is 1.20. The third-order valence-corrected chi connectivity index (χ3v) is 4.33. The highest BCUT2D eigenvalue weighted by atomic mass is 35.5. The summed E-state index contributed by atoms with van der Waals surface area (Å²) >= 11 is 5.87. The topological polar surface area (TPSA) is 75.9 Å². The molecule has 1 amide bonds. The number of hydrogen-bond donors (Lipinski definition) is 1. The maximum Gasteiger partial charge on any atom is 0.246 e. The summed E-state index contributed by atoms with van der Waals surface area (Å²) in [5.74, 6) is 0.482. The van der Waals surface area contributed by atoms with Crippen LogP contribution in [0.3, 0.4) is 0 Å². The van der Waals surface area contributed by atoms with E-state index in [0.29, 0.717) is 10.8 Å². The molecule has 0 radical (unpaired) electrons. The quantitative estimate of drug-likeness (QED) is 0.909. The van der Waals surface area contributed by atoms with E-state index < -0.39 is 0 Å². The van der Waals surface area contributed by atoms with Crippen LogP contribution in [0.25, 0.3) is 11.4 Å². The first-order valence-electron chi connectivity index (χ1n) is 7.63. The second kappa shape index (κ2) is 7.06. The fourth-order valence-electron chi connectivity index (χ4n) is 2.65. The Bertz CT molecular complexity index is 665. The Morgan fingerprint density at radius 2 is 2.04 bits per heavy atom. The molecule has 1 fully saturated rings. The van der Waals surface area contributed by atoms with Gasteiger partial charge in [0.05, 0.1) is 0 Å². The molecule has 8 heteroatoms. The lowest BCUT2D eigenvalue weighted by molar-refractivity contribution is -0.133. The van der Waals surface area contributed by atoms with E-state index in [9.17, 15) is 4.79 Å². The highest BCUT2D eigenvalue weighted by molar-refractivity contribution is 6.30. The Labute approximate surface area is 139 Å². The van der Waals surface area contributed by atoms with Crippen LogP contribution in [0.1, 0.15) is 12.8 Å². The van der Waals surface area contributed by atoms with E-state index in [4.69, 9.17) is 11.6 Å². The Morgan fingerprint density at radius 1 is 1.35 bits per heavy atom. The number of likely N-dealkylation sites (N-methyl/N-ethyl adjacent to an activating group) is 1. The lowest BCUT2D eigenvalue weighted by atomic mass is 10.1. The number of carbonyl (C=O) groups excluding carboxylic acids is 1. The second-order valence-corrected chi connectivity index (χ2v) is 6.07. The number of halogens is 1. The first kappa shape index (κ1) is 15.9. The molecule has 0 spiro atoms. The van der Waals surface area contributed by atoms with Crippen LogP contribution in [0, 0.1) is 0 Å². The van der Waals surface area contributed by atoms with E-state index in [-0.39, 0.29) is 18.5 Å². The minimum atomic E-state index is -0.00282. The van der Waals surface area contributed by atoms with E-state index in [2.05, 4.69) is 20.7 Å². The largest absolute Gasteiger partial charge is 0.341 e. The molecular formula is C15H19ClN6O. The summed E-state index contributed by atoms with van der Waals surface area (Å²) < 4.78 is 0. The molecule has 0 unspecified atom stereocenters. The van der Waals surface area contributed by atoms with Crippen molar-refractivity contribution in [3.8, 4) is 11.4 Å². The first-order valence-corrected chi connectivity index (χ1v) is 8.01. The standard InChI is InChI=1S/C15H19ClN6O/c1-21(13-6-8-17-9-7-13)14(23)10-22-19-15(18-20-22)11-2-4-12(16)5-3-11/h2-5,13,17H,6-10H2,1H3. The molecular weight excluding hydrogens is 316 g/mol. The SMILES string of the molecule is CN(C(=O)Cn1nnc(-c2ccc(Cl)cc2)n1)C1CCNCC1. The molecule has 122 valence electrons. The summed E-state index contributed by atoms with van der Waals surface area (Å²) in [5.41, 5.74) is 0.819. The monoisotopic (exact) mass is 334 g/mol. The van der Waals surface area contributed by atoms with Crippen molar-refractivity contribution >= 4 is 17.5 Å². The third-order valence-electron chi connectivity index (χ3n) is 4.08. The third kappa shape index (κ3) is 3.86. The van der Waals surface area contributed by atoms with E-state index in [0.717, 1.165) is 31.5 Å². The van der Waals surface area contributed by atoms with Crippen LogP contribution in [-0.2, 0) is 11.3 Å². The van der Waals surface area contributed by atoms with Gasteiger partial charge in [-0.2, -0.15) is 4.80 Å². The highest BCUT2D eigenvalue weighted by Crippen LogP contribution is 2.17. The number of aromatic nitrogens is 4. The number of nitrogens with zero attached hydrogens (tertiary/aromatic N) is 5. The molecule has 7 nitrogen and oxygen atoms in total. The van der Waals surface area contributed by atoms with Gasteiger partial charge in [0.1, 0.15) is 6.54 Å². The maximum atomic E-state index is 12.4. The molecule has 0 aliphatic carbocycles. The number of piperidine rings is 1. The minimum Gasteiger partial charge on any atom is -0.341 e. The second-order valence-electron chi connectivity index (χ2n) is 5.64. The van der Waals surface area contributed by atoms with Crippen LogP contribution in [0.5, 0.6) is 0 Å². The molecule has 1 saturated heterocycles. The van der Waals surface area contributed by atoms with E-state index in [1.165, 1.54) is 4.80 Å². The van der Waals surface area contributed by atoms with Crippen molar-refractivity contribution in [1.82, 2.24) is 30.4 Å². The van der Waals surface area contributed by atoms with Gasteiger partial charge in [0.25, 0.3) is 0 Å². The van der Waals surface area contributed by atoms with Gasteiger partial charge in [0, 0.05) is 23.7 Å². The van der Waals surface area contributed by atoms with Crippen LogP contribution in [0.4, 0.5) is 0 Å². The number of amides is 1. The number of tetrazole rings is 1. The van der Waals surface area contributed by atoms with Gasteiger partial charge in [0.2, 0.25) is 11.7 Å². The summed E-state index contributed by atoms with van der Waals surface area (Å²) in [4.78, 5) is 15.5. The number of benzene rings is 1. The highest BCUT2D eigenvalue weighted by Gasteiger charge is 2.22. The Kier molecular flexibility index (Phi) is 4.88. The summed E-state index contributed by atoms with van der Waals surface area (Å²) in [5, 5.41) is 16.2. The van der Waals surface area contributed by atoms with E-state index in [1.807, 2.05) is 19.2 Å².